The molecule has 4 aromatic rings. The second kappa shape index (κ2) is 9.85. The number of anilines is 1. The molecule has 12 heteroatoms. The van der Waals surface area contributed by atoms with E-state index in [1.807, 2.05) is 0 Å². The number of thiazole rings is 1. The van der Waals surface area contributed by atoms with Crippen molar-refractivity contribution in [1.82, 2.24) is 10.1 Å². The van der Waals surface area contributed by atoms with Gasteiger partial charge >= 0.3 is 5.97 Å². The number of alkyl halides is 1. The van der Waals surface area contributed by atoms with E-state index < -0.39 is 23.9 Å². The molecule has 2 bridgehead atoms. The Morgan fingerprint density at radius 2 is 1.98 bits per heavy atom. The number of ether oxygens (including phenoxy) is 1. The first-order valence-corrected chi connectivity index (χ1v) is 14.7. The van der Waals surface area contributed by atoms with Gasteiger partial charge in [-0.1, -0.05) is 45.8 Å². The van der Waals surface area contributed by atoms with Crippen LogP contribution >= 0.6 is 34.5 Å². The summed E-state index contributed by atoms with van der Waals surface area (Å²) in [5.74, 6) is -1.12. The zero-order valence-corrected chi connectivity index (χ0v) is 23.3. The highest BCUT2D eigenvalue weighted by molar-refractivity contribution is 7.22. The molecule has 0 radical (unpaired) electrons. The number of carboxylic acids is 1. The second-order valence-electron chi connectivity index (χ2n) is 10.6. The smallest absolute Gasteiger partial charge is 0.335 e. The van der Waals surface area contributed by atoms with Crippen LogP contribution in [0.3, 0.4) is 0 Å². The monoisotopic (exact) mass is 605 g/mol. The molecule has 2 saturated heterocycles. The number of piperidine rings is 1. The maximum atomic E-state index is 15.6. The van der Waals surface area contributed by atoms with Crippen LogP contribution in [-0.4, -0.2) is 46.1 Å². The van der Waals surface area contributed by atoms with E-state index in [1.54, 1.807) is 18.2 Å². The SMILES string of the molecule is O=C(O)c1cc(F)c2nc(N3C4CCC3C(COc3c(-c5c(Cl)cccc5Cl)noc3C3CC3)C(F)C4)sc2c1. The zero-order valence-electron chi connectivity index (χ0n) is 20.9. The van der Waals surface area contributed by atoms with Crippen molar-refractivity contribution < 1.29 is 27.9 Å². The number of carboxylic acid groups (broad SMARTS) is 1. The molecule has 1 aliphatic carbocycles. The Kier molecular flexibility index (Phi) is 6.40. The minimum atomic E-state index is -1.21. The molecule has 7 rings (SSSR count). The van der Waals surface area contributed by atoms with Crippen LogP contribution in [-0.2, 0) is 0 Å². The third-order valence-corrected chi connectivity index (χ3v) is 9.80. The second-order valence-corrected chi connectivity index (χ2v) is 12.5. The van der Waals surface area contributed by atoms with E-state index in [9.17, 15) is 14.3 Å². The lowest BCUT2D eigenvalue weighted by atomic mass is 9.89. The predicted octanol–water partition coefficient (Wildman–Crippen LogP) is 7.75. The van der Waals surface area contributed by atoms with E-state index >= 15 is 4.39 Å². The Morgan fingerprint density at radius 1 is 1.20 bits per heavy atom. The van der Waals surface area contributed by atoms with Gasteiger partial charge in [-0.05, 0) is 56.4 Å². The Hall–Kier alpha value is -2.95. The number of nitrogens with zero attached hydrogens (tertiary/aromatic N) is 3. The number of rotatable bonds is 7. The summed E-state index contributed by atoms with van der Waals surface area (Å²) in [6.45, 7) is 0.0769. The van der Waals surface area contributed by atoms with Gasteiger partial charge < -0.3 is 19.3 Å². The van der Waals surface area contributed by atoms with E-state index in [-0.39, 0.29) is 35.7 Å². The molecule has 40 heavy (non-hydrogen) atoms. The Morgan fingerprint density at radius 3 is 2.70 bits per heavy atom. The summed E-state index contributed by atoms with van der Waals surface area (Å²) in [5, 5.41) is 15.0. The van der Waals surface area contributed by atoms with Gasteiger partial charge in [-0.3, -0.25) is 0 Å². The summed E-state index contributed by atoms with van der Waals surface area (Å²) in [4.78, 5) is 18.0. The molecule has 4 atom stereocenters. The van der Waals surface area contributed by atoms with Crippen molar-refractivity contribution in [2.45, 2.75) is 56.3 Å². The normalized spacial score (nSPS) is 24.1. The molecule has 208 valence electrons. The fourth-order valence-corrected chi connectivity index (χ4v) is 7.79. The summed E-state index contributed by atoms with van der Waals surface area (Å²) < 4.78 is 42.8. The number of fused-ring (bicyclic) bond motifs is 3. The molecule has 0 amide bonds. The summed E-state index contributed by atoms with van der Waals surface area (Å²) in [7, 11) is 0. The predicted molar refractivity (Wildman–Crippen MR) is 148 cm³/mol. The van der Waals surface area contributed by atoms with Gasteiger partial charge in [0.15, 0.2) is 28.2 Å². The van der Waals surface area contributed by atoms with Gasteiger partial charge in [0.25, 0.3) is 0 Å². The van der Waals surface area contributed by atoms with Crippen molar-refractivity contribution in [3.63, 3.8) is 0 Å². The third kappa shape index (κ3) is 4.31. The highest BCUT2D eigenvalue weighted by Crippen LogP contribution is 2.51. The lowest BCUT2D eigenvalue weighted by Crippen LogP contribution is -2.51. The Balaban J connectivity index is 1.20. The molecule has 0 spiro atoms. The number of hydrogen-bond donors (Lipinski definition) is 1. The average molecular weight is 606 g/mol. The van der Waals surface area contributed by atoms with Gasteiger partial charge in [0.2, 0.25) is 0 Å². The van der Waals surface area contributed by atoms with Gasteiger partial charge in [-0.25, -0.2) is 18.6 Å². The minimum absolute atomic E-state index is 0.0751. The van der Waals surface area contributed by atoms with Gasteiger partial charge in [-0.2, -0.15) is 0 Å². The standard InChI is InChI=1S/C28H23Cl2F2N3O4S/c29-16-2-1-3-17(30)22(16)24-26(25(39-34-24)12-4-5-12)38-11-15-18(31)10-14-6-7-20(15)35(14)28-33-23-19(32)8-13(27(36)37)9-21(23)40-28/h1-3,8-9,12,14-15,18,20H,4-7,10-11H2,(H,36,37). The van der Waals surface area contributed by atoms with Gasteiger partial charge in [0, 0.05) is 29.5 Å². The van der Waals surface area contributed by atoms with Crippen LogP contribution in [0.2, 0.25) is 10.0 Å². The van der Waals surface area contributed by atoms with Gasteiger partial charge in [-0.15, -0.1) is 0 Å². The van der Waals surface area contributed by atoms with Crippen LogP contribution < -0.4 is 9.64 Å². The maximum absolute atomic E-state index is 15.6. The van der Waals surface area contributed by atoms with Crippen LogP contribution in [0.15, 0.2) is 34.9 Å². The van der Waals surface area contributed by atoms with Crippen molar-refractivity contribution in [2.75, 3.05) is 11.5 Å². The molecule has 1 saturated carbocycles. The lowest BCUT2D eigenvalue weighted by molar-refractivity contribution is 0.0696. The molecule has 4 heterocycles. The topological polar surface area (TPSA) is 88.7 Å². The van der Waals surface area contributed by atoms with Gasteiger partial charge in [0.05, 0.1) is 26.9 Å². The fraction of sp³-hybridized carbons (Fsp3) is 0.393. The highest BCUT2D eigenvalue weighted by atomic mass is 35.5. The molecule has 2 aromatic carbocycles. The van der Waals surface area contributed by atoms with E-state index in [1.165, 1.54) is 17.4 Å². The van der Waals surface area contributed by atoms with E-state index in [0.717, 1.165) is 31.7 Å². The fourth-order valence-electron chi connectivity index (χ4n) is 6.07. The third-order valence-electron chi connectivity index (χ3n) is 8.15. The summed E-state index contributed by atoms with van der Waals surface area (Å²) in [6, 6.07) is 7.29. The molecule has 4 unspecified atom stereocenters. The molecule has 7 nitrogen and oxygen atoms in total. The van der Waals surface area contributed by atoms with Crippen LogP contribution in [0.4, 0.5) is 13.9 Å². The Labute approximate surface area is 241 Å². The average Bonchev–Trinajstić information content (AvgIpc) is 3.39. The first-order chi connectivity index (χ1) is 19.3. The molecule has 1 N–H and O–H groups in total. The van der Waals surface area contributed by atoms with Crippen molar-refractivity contribution in [2.24, 2.45) is 5.92 Å². The van der Waals surface area contributed by atoms with Crippen LogP contribution in [0.25, 0.3) is 21.5 Å². The summed E-state index contributed by atoms with van der Waals surface area (Å²) >= 11 is 14.2. The number of carbonyl (C=O) groups is 1. The summed E-state index contributed by atoms with van der Waals surface area (Å²) in [5.41, 5.74) is 0.906. The van der Waals surface area contributed by atoms with Crippen molar-refractivity contribution >= 4 is 55.9 Å². The van der Waals surface area contributed by atoms with Crippen molar-refractivity contribution in [3.05, 3.63) is 57.5 Å². The van der Waals surface area contributed by atoms with Crippen molar-refractivity contribution in [1.29, 1.82) is 0 Å². The van der Waals surface area contributed by atoms with E-state index in [0.29, 0.717) is 49.1 Å². The number of hydrogen-bond acceptors (Lipinski definition) is 7. The maximum Gasteiger partial charge on any atom is 0.335 e. The van der Waals surface area contributed by atoms with Crippen LogP contribution in [0, 0.1) is 11.7 Å². The molecule has 3 aliphatic rings. The highest BCUT2D eigenvalue weighted by Gasteiger charge is 2.49. The number of benzene rings is 2. The van der Waals surface area contributed by atoms with Crippen LogP contribution in [0.5, 0.6) is 5.75 Å². The van der Waals surface area contributed by atoms with Crippen LogP contribution in [0.1, 0.15) is 54.1 Å². The molecule has 2 aliphatic heterocycles. The van der Waals surface area contributed by atoms with Crippen molar-refractivity contribution in [3.8, 4) is 17.0 Å². The lowest BCUT2D eigenvalue weighted by Gasteiger charge is -2.41. The first-order valence-electron chi connectivity index (χ1n) is 13.1. The number of aromatic nitrogens is 2. The minimum Gasteiger partial charge on any atom is -0.487 e. The quantitative estimate of drug-likeness (QED) is 0.230. The molecule has 2 aromatic heterocycles. The largest absolute Gasteiger partial charge is 0.487 e. The molecular weight excluding hydrogens is 583 g/mol. The van der Waals surface area contributed by atoms with E-state index in [4.69, 9.17) is 32.5 Å². The summed E-state index contributed by atoms with van der Waals surface area (Å²) in [6.07, 6.45) is 2.61. The molecular formula is C28H23Cl2F2N3O4S. The number of aromatic carboxylic acids is 1. The Bertz CT molecular complexity index is 1620. The first kappa shape index (κ1) is 26.0. The molecule has 3 fully saturated rings. The number of halogens is 4. The zero-order chi connectivity index (χ0) is 27.7. The van der Waals surface area contributed by atoms with Gasteiger partial charge in [0.1, 0.15) is 11.7 Å². The van der Waals surface area contributed by atoms with E-state index in [2.05, 4.69) is 15.0 Å².